The van der Waals surface area contributed by atoms with Crippen molar-refractivity contribution < 1.29 is 9.59 Å². The summed E-state index contributed by atoms with van der Waals surface area (Å²) < 4.78 is 2.00. The number of hydrogen-bond donors (Lipinski definition) is 0. The number of carbonyl (C=O) groups is 2. The predicted octanol–water partition coefficient (Wildman–Crippen LogP) is 5.10. The van der Waals surface area contributed by atoms with Gasteiger partial charge in [0.25, 0.3) is 11.8 Å². The summed E-state index contributed by atoms with van der Waals surface area (Å²) in [4.78, 5) is 26.8. The van der Waals surface area contributed by atoms with E-state index in [4.69, 9.17) is 12.2 Å². The molecular weight excluding hydrogens is 521 g/mol. The first-order valence-electron chi connectivity index (χ1n) is 6.80. The number of nitrogens with zero attached hydrogens (tertiary/aromatic N) is 1. The van der Waals surface area contributed by atoms with E-state index in [-0.39, 0.29) is 16.1 Å². The number of imide groups is 1. The SMILES string of the molecule is O=C1/C(=C\c2ccc(Br)cc2)SC(=S)N1C(=O)c1ccccc1I. The van der Waals surface area contributed by atoms with E-state index in [1.807, 2.05) is 36.4 Å². The smallest absolute Gasteiger partial charge is 0.268 e. The fourth-order valence-corrected chi connectivity index (χ4v) is 4.24. The highest BCUT2D eigenvalue weighted by atomic mass is 127. The molecule has 1 heterocycles. The van der Waals surface area contributed by atoms with E-state index in [2.05, 4.69) is 38.5 Å². The third-order valence-electron chi connectivity index (χ3n) is 3.27. The summed E-state index contributed by atoms with van der Waals surface area (Å²) in [5, 5.41) is 0. The third-order valence-corrected chi connectivity index (χ3v) is 6.04. The van der Waals surface area contributed by atoms with Crippen LogP contribution in [-0.4, -0.2) is 21.0 Å². The van der Waals surface area contributed by atoms with Crippen molar-refractivity contribution in [1.29, 1.82) is 0 Å². The molecule has 1 fully saturated rings. The van der Waals surface area contributed by atoms with Gasteiger partial charge in [0.1, 0.15) is 0 Å². The van der Waals surface area contributed by atoms with Gasteiger partial charge >= 0.3 is 0 Å². The van der Waals surface area contributed by atoms with Crippen LogP contribution in [0.1, 0.15) is 15.9 Å². The Labute approximate surface area is 170 Å². The zero-order valence-electron chi connectivity index (χ0n) is 12.0. The Kier molecular flexibility index (Phi) is 5.53. The fraction of sp³-hybridized carbons (Fsp3) is 0. The van der Waals surface area contributed by atoms with Crippen molar-refractivity contribution in [2.75, 3.05) is 0 Å². The van der Waals surface area contributed by atoms with Gasteiger partial charge in [-0.3, -0.25) is 9.59 Å². The molecular formula is C17H9BrINO2S2. The lowest BCUT2D eigenvalue weighted by Crippen LogP contribution is -2.35. The number of thiocarbonyl (C=S) groups is 1. The minimum absolute atomic E-state index is 0.257. The van der Waals surface area contributed by atoms with Crippen LogP contribution in [0.4, 0.5) is 0 Å². The number of amides is 2. The zero-order chi connectivity index (χ0) is 17.3. The standard InChI is InChI=1S/C17H9BrINO2S2/c18-11-7-5-10(6-8-11)9-14-16(22)20(17(23)24-14)15(21)12-3-1-2-4-13(12)19/h1-9H/b14-9+. The Morgan fingerprint density at radius 3 is 2.50 bits per heavy atom. The molecule has 0 bridgehead atoms. The van der Waals surface area contributed by atoms with Crippen LogP contribution < -0.4 is 0 Å². The number of carbonyl (C=O) groups excluding carboxylic acids is 2. The molecule has 1 saturated heterocycles. The monoisotopic (exact) mass is 529 g/mol. The summed E-state index contributed by atoms with van der Waals surface area (Å²) in [5.74, 6) is -0.765. The molecule has 0 unspecified atom stereocenters. The first-order valence-corrected chi connectivity index (χ1v) is 9.89. The van der Waals surface area contributed by atoms with E-state index in [1.165, 1.54) is 0 Å². The number of benzene rings is 2. The first kappa shape index (κ1) is 17.8. The van der Waals surface area contributed by atoms with Gasteiger partial charge < -0.3 is 0 Å². The van der Waals surface area contributed by atoms with Crippen LogP contribution in [0.25, 0.3) is 6.08 Å². The Bertz CT molecular complexity index is 880. The van der Waals surface area contributed by atoms with Gasteiger partial charge in [0.05, 0.1) is 10.5 Å². The molecule has 3 nitrogen and oxygen atoms in total. The summed E-state index contributed by atoms with van der Waals surface area (Å²) in [7, 11) is 0. The van der Waals surface area contributed by atoms with Crippen molar-refractivity contribution in [3.63, 3.8) is 0 Å². The normalized spacial score (nSPS) is 16.1. The van der Waals surface area contributed by atoms with Gasteiger partial charge in [0.2, 0.25) is 0 Å². The molecule has 0 aliphatic carbocycles. The Morgan fingerprint density at radius 2 is 1.83 bits per heavy atom. The van der Waals surface area contributed by atoms with Crippen molar-refractivity contribution in [2.24, 2.45) is 0 Å². The minimum Gasteiger partial charge on any atom is -0.268 e. The molecule has 2 aromatic rings. The van der Waals surface area contributed by atoms with E-state index in [1.54, 1.807) is 18.2 Å². The highest BCUT2D eigenvalue weighted by molar-refractivity contribution is 14.1. The summed E-state index contributed by atoms with van der Waals surface area (Å²) in [6.45, 7) is 0. The lowest BCUT2D eigenvalue weighted by molar-refractivity contribution is -0.120. The second-order valence-corrected chi connectivity index (χ2v) is 8.61. The number of thioether (sulfide) groups is 1. The predicted molar refractivity (Wildman–Crippen MR) is 113 cm³/mol. The van der Waals surface area contributed by atoms with Gasteiger partial charge in [-0.25, -0.2) is 4.90 Å². The molecule has 3 rings (SSSR count). The summed E-state index contributed by atoms with van der Waals surface area (Å²) in [6.07, 6.45) is 1.75. The van der Waals surface area contributed by atoms with E-state index < -0.39 is 0 Å². The van der Waals surface area contributed by atoms with Gasteiger partial charge in [-0.05, 0) is 58.5 Å². The van der Waals surface area contributed by atoms with Gasteiger partial charge in [-0.1, -0.05) is 64.2 Å². The summed E-state index contributed by atoms with van der Waals surface area (Å²) in [6, 6.07) is 14.7. The van der Waals surface area contributed by atoms with Crippen molar-refractivity contribution in [3.8, 4) is 0 Å². The number of halogens is 2. The Hall–Kier alpha value is -1.03. The molecule has 0 saturated carbocycles. The average molecular weight is 530 g/mol. The minimum atomic E-state index is -0.387. The molecule has 24 heavy (non-hydrogen) atoms. The van der Waals surface area contributed by atoms with Crippen LogP contribution in [0.15, 0.2) is 57.9 Å². The summed E-state index contributed by atoms with van der Waals surface area (Å²) >= 11 is 11.8. The van der Waals surface area contributed by atoms with E-state index in [9.17, 15) is 9.59 Å². The van der Waals surface area contributed by atoms with Gasteiger partial charge in [0, 0.05) is 8.04 Å². The van der Waals surface area contributed by atoms with Crippen LogP contribution in [-0.2, 0) is 4.79 Å². The first-order chi connectivity index (χ1) is 11.5. The van der Waals surface area contributed by atoms with E-state index in [0.29, 0.717) is 10.5 Å². The van der Waals surface area contributed by atoms with E-state index >= 15 is 0 Å². The number of rotatable bonds is 2. The van der Waals surface area contributed by atoms with Crippen LogP contribution in [0, 0.1) is 3.57 Å². The van der Waals surface area contributed by atoms with Gasteiger partial charge in [0.15, 0.2) is 4.32 Å². The topological polar surface area (TPSA) is 37.4 Å². The third kappa shape index (κ3) is 3.63. The molecule has 0 aromatic heterocycles. The van der Waals surface area contributed by atoms with Crippen molar-refractivity contribution >= 4 is 84.7 Å². The summed E-state index contributed by atoms with van der Waals surface area (Å²) in [5.41, 5.74) is 1.35. The maximum atomic E-state index is 12.7. The molecule has 0 radical (unpaired) electrons. The van der Waals surface area contributed by atoms with Crippen molar-refractivity contribution in [1.82, 2.24) is 4.90 Å². The Balaban J connectivity index is 1.91. The lowest BCUT2D eigenvalue weighted by Gasteiger charge is -2.13. The van der Waals surface area contributed by atoms with Gasteiger partial charge in [-0.15, -0.1) is 0 Å². The highest BCUT2D eigenvalue weighted by Crippen LogP contribution is 2.34. The zero-order valence-corrected chi connectivity index (χ0v) is 17.4. The van der Waals surface area contributed by atoms with Crippen LogP contribution in [0.5, 0.6) is 0 Å². The lowest BCUT2D eigenvalue weighted by atomic mass is 10.2. The molecule has 120 valence electrons. The average Bonchev–Trinajstić information content (AvgIpc) is 2.83. The fourth-order valence-electron chi connectivity index (χ4n) is 2.11. The maximum Gasteiger partial charge on any atom is 0.273 e. The molecule has 0 spiro atoms. The van der Waals surface area contributed by atoms with Crippen molar-refractivity contribution in [2.45, 2.75) is 0 Å². The molecule has 2 amide bonds. The van der Waals surface area contributed by atoms with Crippen LogP contribution in [0.2, 0.25) is 0 Å². The quantitative estimate of drug-likeness (QED) is 0.235. The molecule has 0 N–H and O–H groups in total. The Morgan fingerprint density at radius 1 is 1.17 bits per heavy atom. The second kappa shape index (κ2) is 7.47. The highest BCUT2D eigenvalue weighted by Gasteiger charge is 2.37. The van der Waals surface area contributed by atoms with Gasteiger partial charge in [-0.2, -0.15) is 0 Å². The van der Waals surface area contributed by atoms with E-state index in [0.717, 1.165) is 30.3 Å². The second-order valence-electron chi connectivity index (χ2n) is 4.85. The maximum absolute atomic E-state index is 12.7. The van der Waals surface area contributed by atoms with Crippen LogP contribution >= 0.6 is 62.5 Å². The number of hydrogen-bond acceptors (Lipinski definition) is 4. The molecule has 2 aromatic carbocycles. The largest absolute Gasteiger partial charge is 0.273 e. The molecule has 0 atom stereocenters. The molecule has 1 aliphatic heterocycles. The van der Waals surface area contributed by atoms with Crippen LogP contribution in [0.3, 0.4) is 0 Å². The van der Waals surface area contributed by atoms with Crippen molar-refractivity contribution in [3.05, 3.63) is 72.6 Å². The molecule has 7 heteroatoms. The molecule has 1 aliphatic rings.